The van der Waals surface area contributed by atoms with Crippen LogP contribution in [0.3, 0.4) is 0 Å². The molecule has 0 saturated carbocycles. The van der Waals surface area contributed by atoms with Crippen molar-refractivity contribution in [2.24, 2.45) is 0 Å². The number of ether oxygens (including phenoxy) is 1. The molecule has 1 aromatic rings. The molecule has 2 rings (SSSR count). The highest BCUT2D eigenvalue weighted by Crippen LogP contribution is 2.34. The van der Waals surface area contributed by atoms with Crippen LogP contribution < -0.4 is 15.4 Å². The molecule has 4 heteroatoms. The van der Waals surface area contributed by atoms with Gasteiger partial charge in [0.15, 0.2) is 0 Å². The summed E-state index contributed by atoms with van der Waals surface area (Å²) in [6.45, 7) is 4.72. The zero-order chi connectivity index (χ0) is 13.1. The second kappa shape index (κ2) is 5.48. The van der Waals surface area contributed by atoms with Gasteiger partial charge in [-0.25, -0.2) is 0 Å². The Labute approximate surface area is 109 Å². The number of benzene rings is 1. The highest BCUT2D eigenvalue weighted by Gasteiger charge is 2.25. The second-order valence-electron chi connectivity index (χ2n) is 4.97. The van der Waals surface area contributed by atoms with Gasteiger partial charge in [0.05, 0.1) is 18.0 Å². The van der Waals surface area contributed by atoms with Crippen LogP contribution in [-0.2, 0) is 0 Å². The third-order valence-corrected chi connectivity index (χ3v) is 3.58. The average molecular weight is 249 g/mol. The topological polar surface area (TPSA) is 41.7 Å². The van der Waals surface area contributed by atoms with Gasteiger partial charge in [0.1, 0.15) is 5.75 Å². The summed E-state index contributed by atoms with van der Waals surface area (Å²) in [4.78, 5) is 4.63. The van der Waals surface area contributed by atoms with Gasteiger partial charge in [-0.3, -0.25) is 0 Å². The number of hydrogen-bond acceptors (Lipinski definition) is 4. The average Bonchev–Trinajstić information content (AvgIpc) is 2.81. The van der Waals surface area contributed by atoms with Crippen molar-refractivity contribution in [3.63, 3.8) is 0 Å². The molecule has 1 atom stereocenters. The van der Waals surface area contributed by atoms with Gasteiger partial charge in [0.2, 0.25) is 0 Å². The first-order valence-corrected chi connectivity index (χ1v) is 6.56. The molecule has 1 aromatic carbocycles. The Morgan fingerprint density at radius 3 is 2.83 bits per heavy atom. The monoisotopic (exact) mass is 249 g/mol. The Kier molecular flexibility index (Phi) is 3.97. The molecule has 2 N–H and O–H groups in total. The zero-order valence-corrected chi connectivity index (χ0v) is 11.5. The molecule has 0 radical (unpaired) electrons. The number of nitrogens with two attached hydrogens (primary N) is 1. The van der Waals surface area contributed by atoms with Gasteiger partial charge >= 0.3 is 0 Å². The summed E-state index contributed by atoms with van der Waals surface area (Å²) in [5.41, 5.74) is 8.06. The van der Waals surface area contributed by atoms with E-state index in [0.29, 0.717) is 12.6 Å². The van der Waals surface area contributed by atoms with E-state index in [1.54, 1.807) is 0 Å². The minimum atomic E-state index is 0.611. The quantitative estimate of drug-likeness (QED) is 0.826. The van der Waals surface area contributed by atoms with Crippen LogP contribution in [0.1, 0.15) is 13.3 Å². The van der Waals surface area contributed by atoms with E-state index in [1.165, 1.54) is 6.42 Å². The normalized spacial score (nSPS) is 19.6. The van der Waals surface area contributed by atoms with E-state index < -0.39 is 0 Å². The third-order valence-electron chi connectivity index (χ3n) is 3.58. The molecule has 0 spiro atoms. The van der Waals surface area contributed by atoms with Crippen molar-refractivity contribution in [3.8, 4) is 5.75 Å². The van der Waals surface area contributed by atoms with Crippen LogP contribution in [0.2, 0.25) is 0 Å². The van der Waals surface area contributed by atoms with Crippen LogP contribution >= 0.6 is 0 Å². The predicted octanol–water partition coefficient (Wildman–Crippen LogP) is 1.81. The number of anilines is 2. The van der Waals surface area contributed by atoms with E-state index in [-0.39, 0.29) is 0 Å². The lowest BCUT2D eigenvalue weighted by molar-refractivity contribution is 0.315. The highest BCUT2D eigenvalue weighted by molar-refractivity contribution is 5.74. The van der Waals surface area contributed by atoms with E-state index in [2.05, 4.69) is 30.0 Å². The lowest BCUT2D eigenvalue weighted by Gasteiger charge is -2.23. The summed E-state index contributed by atoms with van der Waals surface area (Å²) in [6.07, 6.45) is 1.19. The van der Waals surface area contributed by atoms with Crippen molar-refractivity contribution in [3.05, 3.63) is 18.2 Å². The van der Waals surface area contributed by atoms with Crippen LogP contribution in [0.15, 0.2) is 18.2 Å². The molecular weight excluding hydrogens is 226 g/mol. The van der Waals surface area contributed by atoms with Crippen molar-refractivity contribution in [1.82, 2.24) is 4.90 Å². The van der Waals surface area contributed by atoms with E-state index >= 15 is 0 Å². The van der Waals surface area contributed by atoms with E-state index in [0.717, 1.165) is 30.2 Å². The first kappa shape index (κ1) is 13.0. The second-order valence-corrected chi connectivity index (χ2v) is 4.97. The summed E-state index contributed by atoms with van der Waals surface area (Å²) >= 11 is 0. The fourth-order valence-corrected chi connectivity index (χ4v) is 2.47. The minimum absolute atomic E-state index is 0.611. The van der Waals surface area contributed by atoms with Crippen molar-refractivity contribution in [2.45, 2.75) is 19.4 Å². The molecule has 1 heterocycles. The number of hydrogen-bond donors (Lipinski definition) is 1. The molecular formula is C14H23N3O. The maximum atomic E-state index is 6.19. The van der Waals surface area contributed by atoms with Gasteiger partial charge in [0.25, 0.3) is 0 Å². The fourth-order valence-electron chi connectivity index (χ4n) is 2.47. The minimum Gasteiger partial charge on any atom is -0.492 e. The van der Waals surface area contributed by atoms with Crippen LogP contribution in [0, 0.1) is 0 Å². The Balaban J connectivity index is 2.17. The molecule has 1 fully saturated rings. The first-order valence-electron chi connectivity index (χ1n) is 6.56. The summed E-state index contributed by atoms with van der Waals surface area (Å²) in [7, 11) is 4.27. The standard InChI is InChI=1S/C14H23N3O/c1-4-18-13-7-5-6-12(14(13)15)17-9-8-11(10-17)16(2)3/h5-7,11H,4,8-10,15H2,1-3H3. The van der Waals surface area contributed by atoms with Gasteiger partial charge in [-0.2, -0.15) is 0 Å². The maximum Gasteiger partial charge on any atom is 0.144 e. The molecule has 1 saturated heterocycles. The van der Waals surface area contributed by atoms with Crippen LogP contribution in [0.4, 0.5) is 11.4 Å². The highest BCUT2D eigenvalue weighted by atomic mass is 16.5. The molecule has 100 valence electrons. The van der Waals surface area contributed by atoms with E-state index in [1.807, 2.05) is 19.1 Å². The Morgan fingerprint density at radius 2 is 2.22 bits per heavy atom. The molecule has 0 bridgehead atoms. The van der Waals surface area contributed by atoms with Crippen molar-refractivity contribution < 1.29 is 4.74 Å². The molecule has 0 amide bonds. The number of nitrogens with zero attached hydrogens (tertiary/aromatic N) is 2. The van der Waals surface area contributed by atoms with Gasteiger partial charge in [-0.1, -0.05) is 6.07 Å². The van der Waals surface area contributed by atoms with Crippen molar-refractivity contribution >= 4 is 11.4 Å². The number of para-hydroxylation sites is 1. The Morgan fingerprint density at radius 1 is 1.44 bits per heavy atom. The smallest absolute Gasteiger partial charge is 0.144 e. The molecule has 1 aliphatic rings. The van der Waals surface area contributed by atoms with Gasteiger partial charge in [-0.05, 0) is 39.6 Å². The first-order chi connectivity index (χ1) is 8.63. The largest absolute Gasteiger partial charge is 0.492 e. The van der Waals surface area contributed by atoms with Crippen LogP contribution in [0.25, 0.3) is 0 Å². The SMILES string of the molecule is CCOc1cccc(N2CCC(N(C)C)C2)c1N. The zero-order valence-electron chi connectivity index (χ0n) is 11.5. The fraction of sp³-hybridized carbons (Fsp3) is 0.571. The number of rotatable bonds is 4. The lowest BCUT2D eigenvalue weighted by Crippen LogP contribution is -2.31. The third kappa shape index (κ3) is 2.53. The Bertz CT molecular complexity index is 406. The lowest BCUT2D eigenvalue weighted by atomic mass is 10.2. The predicted molar refractivity (Wildman–Crippen MR) is 76.3 cm³/mol. The number of nitrogen functional groups attached to an aromatic ring is 1. The van der Waals surface area contributed by atoms with Crippen LogP contribution in [-0.4, -0.2) is 44.7 Å². The van der Waals surface area contributed by atoms with E-state index in [4.69, 9.17) is 10.5 Å². The summed E-state index contributed by atoms with van der Waals surface area (Å²) < 4.78 is 5.55. The molecule has 0 aromatic heterocycles. The number of likely N-dealkylation sites (N-methyl/N-ethyl adjacent to an activating group) is 1. The molecule has 1 aliphatic heterocycles. The Hall–Kier alpha value is -1.42. The molecule has 4 nitrogen and oxygen atoms in total. The van der Waals surface area contributed by atoms with Gasteiger partial charge in [-0.15, -0.1) is 0 Å². The summed E-state index contributed by atoms with van der Waals surface area (Å²) in [5.74, 6) is 0.795. The van der Waals surface area contributed by atoms with Crippen molar-refractivity contribution in [1.29, 1.82) is 0 Å². The maximum absolute atomic E-state index is 6.19. The van der Waals surface area contributed by atoms with Crippen LogP contribution in [0.5, 0.6) is 5.75 Å². The molecule has 18 heavy (non-hydrogen) atoms. The summed E-state index contributed by atoms with van der Waals surface area (Å²) in [6, 6.07) is 6.64. The van der Waals surface area contributed by atoms with Gasteiger partial charge in [0, 0.05) is 19.1 Å². The molecule has 0 aliphatic carbocycles. The van der Waals surface area contributed by atoms with E-state index in [9.17, 15) is 0 Å². The van der Waals surface area contributed by atoms with Crippen molar-refractivity contribution in [2.75, 3.05) is 44.4 Å². The molecule has 1 unspecified atom stereocenters. The van der Waals surface area contributed by atoms with Gasteiger partial charge < -0.3 is 20.3 Å². The summed E-state index contributed by atoms with van der Waals surface area (Å²) in [5, 5.41) is 0.